The van der Waals surface area contributed by atoms with Crippen LogP contribution in [-0.2, 0) is 25.9 Å². The van der Waals surface area contributed by atoms with Gasteiger partial charge in [-0.1, -0.05) is 20.8 Å². The molecule has 3 nitrogen and oxygen atoms in total. The predicted octanol–water partition coefficient (Wildman–Crippen LogP) is 2.53. The standard InChI is InChI=1S/C15H25N3/c1-4-5-14-17-12-9-16-7-6-13(12)18(14)10-11-8-15(11,2)3/h11,16H,4-10H2,1-3H3. The second kappa shape index (κ2) is 4.37. The van der Waals surface area contributed by atoms with Gasteiger partial charge in [0.25, 0.3) is 0 Å². The van der Waals surface area contributed by atoms with Crippen LogP contribution in [0.3, 0.4) is 0 Å². The summed E-state index contributed by atoms with van der Waals surface area (Å²) in [5.41, 5.74) is 3.39. The molecule has 1 aliphatic heterocycles. The van der Waals surface area contributed by atoms with Crippen molar-refractivity contribution in [3.63, 3.8) is 0 Å². The number of rotatable bonds is 4. The lowest BCUT2D eigenvalue weighted by atomic mass is 10.1. The van der Waals surface area contributed by atoms with Crippen molar-refractivity contribution in [2.45, 2.75) is 59.5 Å². The highest BCUT2D eigenvalue weighted by atomic mass is 15.1. The molecule has 0 bridgehead atoms. The van der Waals surface area contributed by atoms with Crippen LogP contribution >= 0.6 is 0 Å². The maximum Gasteiger partial charge on any atom is 0.109 e. The smallest absolute Gasteiger partial charge is 0.109 e. The molecule has 2 heterocycles. The van der Waals surface area contributed by atoms with Gasteiger partial charge in [0.15, 0.2) is 0 Å². The maximum atomic E-state index is 4.87. The van der Waals surface area contributed by atoms with Gasteiger partial charge in [0.1, 0.15) is 5.82 Å². The van der Waals surface area contributed by atoms with E-state index in [0.29, 0.717) is 5.41 Å². The maximum absolute atomic E-state index is 4.87. The Labute approximate surface area is 110 Å². The van der Waals surface area contributed by atoms with E-state index in [1.807, 2.05) is 0 Å². The van der Waals surface area contributed by atoms with E-state index in [1.54, 1.807) is 0 Å². The Morgan fingerprint density at radius 1 is 1.44 bits per heavy atom. The molecule has 1 aromatic heterocycles. The lowest BCUT2D eigenvalue weighted by molar-refractivity contribution is 0.473. The minimum atomic E-state index is 0.563. The number of imidazole rings is 1. The molecular formula is C15H25N3. The van der Waals surface area contributed by atoms with Gasteiger partial charge in [0.2, 0.25) is 0 Å². The fourth-order valence-electron chi connectivity index (χ4n) is 3.16. The van der Waals surface area contributed by atoms with Gasteiger partial charge >= 0.3 is 0 Å². The molecule has 0 radical (unpaired) electrons. The Morgan fingerprint density at radius 2 is 2.22 bits per heavy atom. The van der Waals surface area contributed by atoms with E-state index in [9.17, 15) is 0 Å². The normalized spacial score (nSPS) is 24.9. The summed E-state index contributed by atoms with van der Waals surface area (Å²) in [5, 5.41) is 3.43. The first-order chi connectivity index (χ1) is 8.62. The third-order valence-corrected chi connectivity index (χ3v) is 4.66. The van der Waals surface area contributed by atoms with Crippen molar-refractivity contribution in [2.24, 2.45) is 11.3 Å². The molecule has 1 aliphatic carbocycles. The third kappa shape index (κ3) is 2.09. The third-order valence-electron chi connectivity index (χ3n) is 4.66. The number of aryl methyl sites for hydroxylation is 1. The summed E-state index contributed by atoms with van der Waals surface area (Å²) in [5.74, 6) is 2.19. The van der Waals surface area contributed by atoms with Crippen LogP contribution in [0.5, 0.6) is 0 Å². The minimum Gasteiger partial charge on any atom is -0.331 e. The van der Waals surface area contributed by atoms with Crippen LogP contribution in [0.4, 0.5) is 0 Å². The van der Waals surface area contributed by atoms with Gasteiger partial charge in [0, 0.05) is 38.2 Å². The second-order valence-corrected chi connectivity index (χ2v) is 6.60. The predicted molar refractivity (Wildman–Crippen MR) is 73.5 cm³/mol. The number of nitrogens with one attached hydrogen (secondary N) is 1. The number of nitrogens with zero attached hydrogens (tertiary/aromatic N) is 2. The average Bonchev–Trinajstić information content (AvgIpc) is 2.79. The van der Waals surface area contributed by atoms with Crippen molar-refractivity contribution in [1.82, 2.24) is 14.9 Å². The van der Waals surface area contributed by atoms with Crippen molar-refractivity contribution in [1.29, 1.82) is 0 Å². The summed E-state index contributed by atoms with van der Waals surface area (Å²) in [6, 6.07) is 0. The summed E-state index contributed by atoms with van der Waals surface area (Å²) in [4.78, 5) is 4.87. The molecule has 1 atom stereocenters. The fraction of sp³-hybridized carbons (Fsp3) is 0.800. The average molecular weight is 247 g/mol. The summed E-state index contributed by atoms with van der Waals surface area (Å²) >= 11 is 0. The first-order valence-corrected chi connectivity index (χ1v) is 7.39. The highest BCUT2D eigenvalue weighted by molar-refractivity contribution is 5.21. The lowest BCUT2D eigenvalue weighted by Crippen LogP contribution is -2.25. The van der Waals surface area contributed by atoms with Crippen LogP contribution in [0.2, 0.25) is 0 Å². The Kier molecular flexibility index (Phi) is 2.97. The fourth-order valence-corrected chi connectivity index (χ4v) is 3.16. The van der Waals surface area contributed by atoms with Crippen LogP contribution in [0.25, 0.3) is 0 Å². The highest BCUT2D eigenvalue weighted by Crippen LogP contribution is 2.52. The van der Waals surface area contributed by atoms with E-state index in [1.165, 1.54) is 36.6 Å². The van der Waals surface area contributed by atoms with E-state index in [0.717, 1.165) is 31.8 Å². The van der Waals surface area contributed by atoms with E-state index >= 15 is 0 Å². The zero-order chi connectivity index (χ0) is 12.8. The first kappa shape index (κ1) is 12.2. The summed E-state index contributed by atoms with van der Waals surface area (Å²) in [6.45, 7) is 10.3. The van der Waals surface area contributed by atoms with Crippen LogP contribution < -0.4 is 5.32 Å². The Balaban J connectivity index is 1.87. The van der Waals surface area contributed by atoms with E-state index in [4.69, 9.17) is 4.98 Å². The Bertz CT molecular complexity index is 445. The molecule has 3 rings (SSSR count). The Hall–Kier alpha value is -0.830. The molecule has 1 N–H and O–H groups in total. The molecular weight excluding hydrogens is 222 g/mol. The van der Waals surface area contributed by atoms with Gasteiger partial charge in [-0.3, -0.25) is 0 Å². The van der Waals surface area contributed by atoms with Crippen LogP contribution in [0.1, 0.15) is 50.8 Å². The molecule has 0 aromatic carbocycles. The quantitative estimate of drug-likeness (QED) is 0.886. The SMILES string of the molecule is CCCc1nc2c(n1CC1CC1(C)C)CCNC2. The molecule has 100 valence electrons. The molecule has 1 aromatic rings. The summed E-state index contributed by atoms with van der Waals surface area (Å²) < 4.78 is 2.55. The topological polar surface area (TPSA) is 29.9 Å². The van der Waals surface area contributed by atoms with Gasteiger partial charge in [-0.2, -0.15) is 0 Å². The molecule has 1 saturated carbocycles. The van der Waals surface area contributed by atoms with E-state index in [2.05, 4.69) is 30.7 Å². The number of hydrogen-bond acceptors (Lipinski definition) is 2. The van der Waals surface area contributed by atoms with Crippen molar-refractivity contribution in [2.75, 3.05) is 6.54 Å². The second-order valence-electron chi connectivity index (χ2n) is 6.60. The van der Waals surface area contributed by atoms with E-state index < -0.39 is 0 Å². The van der Waals surface area contributed by atoms with Gasteiger partial charge in [0.05, 0.1) is 5.69 Å². The number of hydrogen-bond donors (Lipinski definition) is 1. The molecule has 3 heteroatoms. The van der Waals surface area contributed by atoms with Crippen molar-refractivity contribution in [3.8, 4) is 0 Å². The Morgan fingerprint density at radius 3 is 2.89 bits per heavy atom. The monoisotopic (exact) mass is 247 g/mol. The molecule has 0 saturated heterocycles. The van der Waals surface area contributed by atoms with Gasteiger partial charge in [-0.05, 0) is 24.2 Å². The van der Waals surface area contributed by atoms with Gasteiger partial charge in [-0.25, -0.2) is 4.98 Å². The molecule has 0 amide bonds. The van der Waals surface area contributed by atoms with Gasteiger partial charge < -0.3 is 9.88 Å². The lowest BCUT2D eigenvalue weighted by Gasteiger charge is -2.17. The molecule has 0 spiro atoms. The van der Waals surface area contributed by atoms with E-state index in [-0.39, 0.29) is 0 Å². The number of aromatic nitrogens is 2. The van der Waals surface area contributed by atoms with Crippen molar-refractivity contribution >= 4 is 0 Å². The molecule has 2 aliphatic rings. The largest absolute Gasteiger partial charge is 0.331 e. The highest BCUT2D eigenvalue weighted by Gasteiger charge is 2.46. The van der Waals surface area contributed by atoms with Crippen LogP contribution in [-0.4, -0.2) is 16.1 Å². The van der Waals surface area contributed by atoms with Gasteiger partial charge in [-0.15, -0.1) is 0 Å². The summed E-state index contributed by atoms with van der Waals surface area (Å²) in [6.07, 6.45) is 4.85. The molecule has 1 fully saturated rings. The first-order valence-electron chi connectivity index (χ1n) is 7.39. The zero-order valence-corrected chi connectivity index (χ0v) is 11.9. The summed E-state index contributed by atoms with van der Waals surface area (Å²) in [7, 11) is 0. The molecule has 1 unspecified atom stereocenters. The van der Waals surface area contributed by atoms with Crippen LogP contribution in [0, 0.1) is 11.3 Å². The number of fused-ring (bicyclic) bond motifs is 1. The minimum absolute atomic E-state index is 0.563. The van der Waals surface area contributed by atoms with Crippen LogP contribution in [0.15, 0.2) is 0 Å². The van der Waals surface area contributed by atoms with Crippen molar-refractivity contribution in [3.05, 3.63) is 17.2 Å². The molecule has 18 heavy (non-hydrogen) atoms. The zero-order valence-electron chi connectivity index (χ0n) is 11.9. The van der Waals surface area contributed by atoms with Crippen molar-refractivity contribution < 1.29 is 0 Å².